The van der Waals surface area contributed by atoms with E-state index >= 15 is 0 Å². The Kier molecular flexibility index (Phi) is 6.70. The predicted octanol–water partition coefficient (Wildman–Crippen LogP) is 4.96. The third kappa shape index (κ3) is 5.27. The Morgan fingerprint density at radius 1 is 1.21 bits per heavy atom. The number of aliphatic hydroxyl groups is 1. The number of ether oxygens (including phenoxy) is 2. The average molecular weight is 457 g/mol. The lowest BCUT2D eigenvalue weighted by atomic mass is 9.84. The van der Waals surface area contributed by atoms with Gasteiger partial charge in [-0.05, 0) is 59.6 Å². The minimum Gasteiger partial charge on any atom is -0.484 e. The molecule has 3 rings (SSSR count). The summed E-state index contributed by atoms with van der Waals surface area (Å²) >= 11 is 0. The highest BCUT2D eigenvalue weighted by atomic mass is 16.6. The number of rotatable bonds is 5. The van der Waals surface area contributed by atoms with Crippen LogP contribution in [0.4, 0.5) is 10.5 Å². The zero-order chi connectivity index (χ0) is 24.6. The van der Waals surface area contributed by atoms with Crippen LogP contribution in [-0.2, 0) is 11.2 Å². The first kappa shape index (κ1) is 24.5. The Hall–Kier alpha value is -3.13. The van der Waals surface area contributed by atoms with Crippen LogP contribution in [0, 0.1) is 17.0 Å². The van der Waals surface area contributed by atoms with Gasteiger partial charge in [-0.15, -0.1) is 0 Å². The number of nitrogens with zero attached hydrogens (tertiary/aromatic N) is 2. The summed E-state index contributed by atoms with van der Waals surface area (Å²) in [7, 11) is 0. The van der Waals surface area contributed by atoms with Crippen molar-refractivity contribution in [2.24, 2.45) is 0 Å². The molecule has 1 aliphatic rings. The third-order valence-corrected chi connectivity index (χ3v) is 5.75. The molecule has 0 bridgehead atoms. The normalized spacial score (nSPS) is 19.2. The van der Waals surface area contributed by atoms with E-state index < -0.39 is 34.4 Å². The van der Waals surface area contributed by atoms with Gasteiger partial charge >= 0.3 is 6.09 Å². The van der Waals surface area contributed by atoms with Crippen molar-refractivity contribution in [1.82, 2.24) is 4.90 Å². The fourth-order valence-corrected chi connectivity index (χ4v) is 4.04. The van der Waals surface area contributed by atoms with Crippen molar-refractivity contribution in [3.8, 4) is 5.75 Å². The van der Waals surface area contributed by atoms with Crippen molar-refractivity contribution in [2.75, 3.05) is 6.54 Å². The van der Waals surface area contributed by atoms with Crippen molar-refractivity contribution in [1.29, 1.82) is 0 Å². The lowest BCUT2D eigenvalue weighted by Gasteiger charge is -2.46. The van der Waals surface area contributed by atoms with E-state index in [1.807, 2.05) is 30.3 Å². The minimum absolute atomic E-state index is 0.0761. The van der Waals surface area contributed by atoms with Crippen LogP contribution in [0.3, 0.4) is 0 Å². The molecule has 0 fully saturated rings. The average Bonchev–Trinajstić information content (AvgIpc) is 2.70. The largest absolute Gasteiger partial charge is 0.484 e. The standard InChI is InChI=1S/C25H32N2O6/c1-16-19(27(30)31)13-12-18-20(22(28)25(5,6)32-21(16)18)26(23(29)33-24(2,3)4)15-14-17-10-8-7-9-11-17/h7-13,20,22,28H,14-15H2,1-6H3/t20-,22+/m0/s1. The van der Waals surface area contributed by atoms with E-state index in [-0.39, 0.29) is 12.2 Å². The van der Waals surface area contributed by atoms with Crippen molar-refractivity contribution in [3.05, 3.63) is 69.3 Å². The van der Waals surface area contributed by atoms with Gasteiger partial charge in [0, 0.05) is 18.2 Å². The van der Waals surface area contributed by atoms with E-state index in [4.69, 9.17) is 9.47 Å². The van der Waals surface area contributed by atoms with Gasteiger partial charge in [-0.2, -0.15) is 0 Å². The van der Waals surface area contributed by atoms with E-state index in [0.717, 1.165) is 5.56 Å². The second kappa shape index (κ2) is 9.02. The Morgan fingerprint density at radius 3 is 2.42 bits per heavy atom. The third-order valence-electron chi connectivity index (χ3n) is 5.75. The second-order valence-corrected chi connectivity index (χ2v) is 9.89. The molecule has 0 aliphatic carbocycles. The van der Waals surface area contributed by atoms with E-state index in [2.05, 4.69) is 0 Å². The van der Waals surface area contributed by atoms with Gasteiger partial charge in [-0.3, -0.25) is 15.0 Å². The van der Waals surface area contributed by atoms with E-state index in [0.29, 0.717) is 23.3 Å². The summed E-state index contributed by atoms with van der Waals surface area (Å²) in [5.41, 5.74) is 0.00496. The molecule has 0 unspecified atom stereocenters. The quantitative estimate of drug-likeness (QED) is 0.504. The maximum atomic E-state index is 13.3. The highest BCUT2D eigenvalue weighted by Gasteiger charge is 2.48. The van der Waals surface area contributed by atoms with Gasteiger partial charge in [0.05, 0.1) is 16.5 Å². The molecule has 0 radical (unpaired) electrons. The lowest BCUT2D eigenvalue weighted by Crippen LogP contribution is -2.55. The van der Waals surface area contributed by atoms with Gasteiger partial charge in [0.15, 0.2) is 0 Å². The molecule has 0 spiro atoms. The molecular formula is C25H32N2O6. The molecule has 2 atom stereocenters. The summed E-state index contributed by atoms with van der Waals surface area (Å²) in [4.78, 5) is 25.9. The number of nitro benzene ring substituents is 1. The summed E-state index contributed by atoms with van der Waals surface area (Å²) < 4.78 is 11.7. The fraction of sp³-hybridized carbons (Fsp3) is 0.480. The number of carbonyl (C=O) groups is 1. The first-order valence-corrected chi connectivity index (χ1v) is 11.0. The van der Waals surface area contributed by atoms with Crippen LogP contribution >= 0.6 is 0 Å². The topological polar surface area (TPSA) is 102 Å². The van der Waals surface area contributed by atoms with Gasteiger partial charge in [-0.1, -0.05) is 30.3 Å². The molecule has 33 heavy (non-hydrogen) atoms. The molecule has 0 saturated heterocycles. The molecule has 1 aliphatic heterocycles. The molecular weight excluding hydrogens is 424 g/mol. The maximum absolute atomic E-state index is 13.3. The second-order valence-electron chi connectivity index (χ2n) is 9.89. The molecule has 0 saturated carbocycles. The molecule has 1 heterocycles. The van der Waals surface area contributed by atoms with E-state index in [1.54, 1.807) is 47.6 Å². The van der Waals surface area contributed by atoms with Gasteiger partial charge in [0.2, 0.25) is 0 Å². The molecule has 1 amide bonds. The van der Waals surface area contributed by atoms with Crippen LogP contribution in [0.15, 0.2) is 42.5 Å². The van der Waals surface area contributed by atoms with Crippen LogP contribution < -0.4 is 4.74 Å². The van der Waals surface area contributed by atoms with Gasteiger partial charge in [0.25, 0.3) is 5.69 Å². The summed E-state index contributed by atoms with van der Waals surface area (Å²) in [5.74, 6) is 0.317. The van der Waals surface area contributed by atoms with Crippen LogP contribution in [0.25, 0.3) is 0 Å². The maximum Gasteiger partial charge on any atom is 0.410 e. The number of carbonyl (C=O) groups excluding carboxylic acids is 1. The fourth-order valence-electron chi connectivity index (χ4n) is 4.04. The summed E-state index contributed by atoms with van der Waals surface area (Å²) in [5, 5.41) is 22.8. The monoisotopic (exact) mass is 456 g/mol. The summed E-state index contributed by atoms with van der Waals surface area (Å²) in [6.07, 6.45) is -1.11. The van der Waals surface area contributed by atoms with Crippen molar-refractivity contribution >= 4 is 11.8 Å². The summed E-state index contributed by atoms with van der Waals surface area (Å²) in [6.45, 7) is 10.7. The number of hydrogen-bond acceptors (Lipinski definition) is 6. The highest BCUT2D eigenvalue weighted by Crippen LogP contribution is 2.47. The van der Waals surface area contributed by atoms with Gasteiger partial charge in [-0.25, -0.2) is 4.79 Å². The van der Waals surface area contributed by atoms with Crippen LogP contribution in [0.2, 0.25) is 0 Å². The molecule has 8 heteroatoms. The number of aliphatic hydroxyl groups excluding tert-OH is 1. The van der Waals surface area contributed by atoms with Crippen molar-refractivity contribution in [3.63, 3.8) is 0 Å². The molecule has 2 aromatic rings. The smallest absolute Gasteiger partial charge is 0.410 e. The first-order chi connectivity index (χ1) is 15.3. The SMILES string of the molecule is Cc1c([N+](=O)[O-])ccc2c1OC(C)(C)[C@H](O)[C@H]2N(CCc1ccccc1)C(=O)OC(C)(C)C. The van der Waals surface area contributed by atoms with E-state index in [1.165, 1.54) is 11.0 Å². The van der Waals surface area contributed by atoms with Crippen LogP contribution in [-0.4, -0.2) is 44.9 Å². The Bertz CT molecular complexity index is 1030. The Labute approximate surface area is 194 Å². The first-order valence-electron chi connectivity index (χ1n) is 11.0. The van der Waals surface area contributed by atoms with Crippen LogP contribution in [0.5, 0.6) is 5.75 Å². The van der Waals surface area contributed by atoms with Gasteiger partial charge < -0.3 is 14.6 Å². The van der Waals surface area contributed by atoms with Gasteiger partial charge in [0.1, 0.15) is 23.1 Å². The molecule has 0 aromatic heterocycles. The number of fused-ring (bicyclic) bond motifs is 1. The number of amides is 1. The number of benzene rings is 2. The molecule has 2 aromatic carbocycles. The summed E-state index contributed by atoms with van der Waals surface area (Å²) in [6, 6.07) is 11.9. The number of nitro groups is 1. The van der Waals surface area contributed by atoms with Crippen molar-refractivity contribution in [2.45, 2.75) is 71.3 Å². The number of hydrogen-bond donors (Lipinski definition) is 1. The minimum atomic E-state index is -1.09. The molecule has 178 valence electrons. The predicted molar refractivity (Wildman–Crippen MR) is 124 cm³/mol. The highest BCUT2D eigenvalue weighted by molar-refractivity contribution is 5.70. The molecule has 1 N–H and O–H groups in total. The zero-order valence-corrected chi connectivity index (χ0v) is 20.0. The van der Waals surface area contributed by atoms with Crippen molar-refractivity contribution < 1.29 is 24.3 Å². The van der Waals surface area contributed by atoms with Crippen LogP contribution in [0.1, 0.15) is 57.4 Å². The Balaban J connectivity index is 2.09. The Morgan fingerprint density at radius 2 is 1.85 bits per heavy atom. The lowest BCUT2D eigenvalue weighted by molar-refractivity contribution is -0.385. The van der Waals surface area contributed by atoms with E-state index in [9.17, 15) is 20.0 Å². The zero-order valence-electron chi connectivity index (χ0n) is 20.0. The molecule has 8 nitrogen and oxygen atoms in total.